The van der Waals surface area contributed by atoms with Crippen molar-refractivity contribution in [2.75, 3.05) is 19.8 Å². The summed E-state index contributed by atoms with van der Waals surface area (Å²) in [5.41, 5.74) is -2.28. The Labute approximate surface area is 141 Å². The molecule has 2 aromatic rings. The lowest BCUT2D eigenvalue weighted by Crippen LogP contribution is -2.55. The largest absolute Gasteiger partial charge is 0.395 e. The molecule has 0 spiro atoms. The van der Waals surface area contributed by atoms with E-state index in [4.69, 9.17) is 4.52 Å². The van der Waals surface area contributed by atoms with Crippen LogP contribution in [0.25, 0.3) is 0 Å². The molecule has 0 aliphatic carbocycles. The van der Waals surface area contributed by atoms with Crippen LogP contribution in [0.4, 0.5) is 0 Å². The van der Waals surface area contributed by atoms with E-state index in [0.717, 1.165) is 0 Å². The summed E-state index contributed by atoms with van der Waals surface area (Å²) in [6, 6.07) is 17.2. The topological polar surface area (TPSA) is 110 Å². The summed E-state index contributed by atoms with van der Waals surface area (Å²) in [7, 11) is -2.85. The van der Waals surface area contributed by atoms with Crippen LogP contribution in [-0.2, 0) is 10.1 Å². The molecule has 0 fully saturated rings. The fourth-order valence-corrected chi connectivity index (χ4v) is 3.58. The number of hydrogen-bond acceptors (Lipinski definition) is 6. The molecule has 7 heteroatoms. The van der Waals surface area contributed by atoms with Crippen LogP contribution < -0.4 is 0 Å². The van der Waals surface area contributed by atoms with Crippen molar-refractivity contribution in [3.63, 3.8) is 0 Å². The summed E-state index contributed by atoms with van der Waals surface area (Å²) in [6.45, 7) is -1.90. The van der Waals surface area contributed by atoms with Gasteiger partial charge in [0.15, 0.2) is 0 Å². The maximum absolute atomic E-state index is 9.99. The molecule has 130 valence electrons. The number of rotatable bonds is 8. The normalized spacial score (nSPS) is 12.6. The minimum absolute atomic E-state index is 0.476. The molecule has 0 aromatic heterocycles. The van der Waals surface area contributed by atoms with Crippen molar-refractivity contribution in [2.45, 2.75) is 5.60 Å². The van der Waals surface area contributed by atoms with Crippen molar-refractivity contribution in [2.24, 2.45) is 5.41 Å². The Morgan fingerprint density at radius 3 is 1.38 bits per heavy atom. The van der Waals surface area contributed by atoms with Gasteiger partial charge in [0.1, 0.15) is 5.60 Å². The summed E-state index contributed by atoms with van der Waals surface area (Å²) in [6.07, 6.45) is 0. The molecule has 0 aliphatic rings. The summed E-state index contributed by atoms with van der Waals surface area (Å²) in [5.74, 6) is 0. The van der Waals surface area contributed by atoms with Gasteiger partial charge in [-0.05, 0) is 11.1 Å². The van der Waals surface area contributed by atoms with Crippen molar-refractivity contribution in [3.05, 3.63) is 71.8 Å². The summed E-state index contributed by atoms with van der Waals surface area (Å²) >= 11 is 0. The van der Waals surface area contributed by atoms with Crippen molar-refractivity contribution in [3.8, 4) is 0 Å². The Morgan fingerprint density at radius 1 is 0.708 bits per heavy atom. The molecule has 0 atom stereocenters. The lowest BCUT2D eigenvalue weighted by molar-refractivity contribution is -0.124. The van der Waals surface area contributed by atoms with Crippen LogP contribution >= 0.6 is 8.60 Å². The molecule has 5 N–H and O–H groups in total. The minimum atomic E-state index is -2.85. The molecule has 0 heterocycles. The minimum Gasteiger partial charge on any atom is -0.395 e. The molecule has 0 saturated carbocycles. The third kappa shape index (κ3) is 3.23. The van der Waals surface area contributed by atoms with Gasteiger partial charge in [-0.15, -0.1) is 0 Å². The third-order valence-electron chi connectivity index (χ3n) is 4.23. The third-order valence-corrected chi connectivity index (χ3v) is 4.67. The highest BCUT2D eigenvalue weighted by atomic mass is 31.2. The van der Waals surface area contributed by atoms with E-state index in [1.165, 1.54) is 0 Å². The number of benzene rings is 2. The first kappa shape index (κ1) is 19.0. The molecular formula is C17H21O6P. The van der Waals surface area contributed by atoms with Gasteiger partial charge in [-0.3, -0.25) is 4.52 Å². The lowest BCUT2D eigenvalue weighted by atomic mass is 9.66. The molecule has 0 unspecified atom stereocenters. The van der Waals surface area contributed by atoms with Crippen LogP contribution in [0.1, 0.15) is 11.1 Å². The van der Waals surface area contributed by atoms with Gasteiger partial charge in [0.05, 0.1) is 25.2 Å². The zero-order valence-electron chi connectivity index (χ0n) is 13.0. The Kier molecular flexibility index (Phi) is 6.43. The highest BCUT2D eigenvalue weighted by Gasteiger charge is 2.55. The van der Waals surface area contributed by atoms with E-state index >= 15 is 0 Å². The van der Waals surface area contributed by atoms with Crippen molar-refractivity contribution < 1.29 is 29.6 Å². The van der Waals surface area contributed by atoms with Crippen LogP contribution in [0.15, 0.2) is 60.7 Å². The molecule has 2 rings (SSSR count). The Morgan fingerprint density at radius 2 is 1.08 bits per heavy atom. The zero-order chi connectivity index (χ0) is 17.6. The predicted molar refractivity (Wildman–Crippen MR) is 89.8 cm³/mol. The van der Waals surface area contributed by atoms with Gasteiger partial charge < -0.3 is 25.1 Å². The van der Waals surface area contributed by atoms with Crippen LogP contribution in [0.5, 0.6) is 0 Å². The fraction of sp³-hybridized carbons (Fsp3) is 0.294. The first-order valence-corrected chi connectivity index (χ1v) is 8.53. The standard InChI is InChI=1S/C17H21O6P/c18-11-16(12-19,13-20)17(23-24(21)22,14-7-3-1-4-8-14)15-9-5-2-6-10-15/h1-10,18-22H,11-13H2. The molecule has 0 bridgehead atoms. The number of aliphatic hydroxyl groups is 3. The van der Waals surface area contributed by atoms with Gasteiger partial charge in [0, 0.05) is 0 Å². The van der Waals surface area contributed by atoms with Gasteiger partial charge >= 0.3 is 8.60 Å². The van der Waals surface area contributed by atoms with Gasteiger partial charge in [-0.25, -0.2) is 0 Å². The highest BCUT2D eigenvalue weighted by Crippen LogP contribution is 2.53. The summed E-state index contributed by atoms with van der Waals surface area (Å²) < 4.78 is 5.54. The van der Waals surface area contributed by atoms with Crippen molar-refractivity contribution >= 4 is 8.60 Å². The van der Waals surface area contributed by atoms with Crippen LogP contribution in [0.2, 0.25) is 0 Å². The van der Waals surface area contributed by atoms with Gasteiger partial charge in [-0.1, -0.05) is 60.7 Å². The Balaban J connectivity index is 2.84. The van der Waals surface area contributed by atoms with Gasteiger partial charge in [0.25, 0.3) is 0 Å². The van der Waals surface area contributed by atoms with Crippen LogP contribution in [0, 0.1) is 5.41 Å². The molecule has 0 amide bonds. The average molecular weight is 352 g/mol. The van der Waals surface area contributed by atoms with E-state index in [2.05, 4.69) is 0 Å². The highest BCUT2D eigenvalue weighted by molar-refractivity contribution is 7.39. The monoisotopic (exact) mass is 352 g/mol. The fourth-order valence-electron chi connectivity index (χ4n) is 2.93. The lowest BCUT2D eigenvalue weighted by Gasteiger charge is -2.48. The molecular weight excluding hydrogens is 331 g/mol. The van der Waals surface area contributed by atoms with E-state index in [1.54, 1.807) is 60.7 Å². The van der Waals surface area contributed by atoms with Crippen LogP contribution in [0.3, 0.4) is 0 Å². The first-order chi connectivity index (χ1) is 11.6. The molecule has 2 aromatic carbocycles. The second-order valence-corrected chi connectivity index (χ2v) is 6.20. The maximum atomic E-state index is 9.99. The second kappa shape index (κ2) is 8.14. The quantitative estimate of drug-likeness (QED) is 0.456. The maximum Gasteiger partial charge on any atom is 0.328 e. The Bertz CT molecular complexity index is 568. The van der Waals surface area contributed by atoms with Crippen LogP contribution in [-0.4, -0.2) is 44.9 Å². The molecule has 0 aliphatic heterocycles. The van der Waals surface area contributed by atoms with Gasteiger partial charge in [0.2, 0.25) is 0 Å². The smallest absolute Gasteiger partial charge is 0.328 e. The second-order valence-electron chi connectivity index (χ2n) is 5.51. The Hall–Kier alpha value is -1.37. The van der Waals surface area contributed by atoms with E-state index < -0.39 is 39.4 Å². The first-order valence-electron chi connectivity index (χ1n) is 7.37. The summed E-state index contributed by atoms with van der Waals surface area (Å²) in [4.78, 5) is 19.2. The molecule has 0 radical (unpaired) electrons. The molecule has 24 heavy (non-hydrogen) atoms. The summed E-state index contributed by atoms with van der Waals surface area (Å²) in [5, 5.41) is 30.0. The molecule has 6 nitrogen and oxygen atoms in total. The van der Waals surface area contributed by atoms with Crippen molar-refractivity contribution in [1.82, 2.24) is 0 Å². The van der Waals surface area contributed by atoms with E-state index in [9.17, 15) is 25.1 Å². The van der Waals surface area contributed by atoms with E-state index in [1.807, 2.05) is 0 Å². The zero-order valence-corrected chi connectivity index (χ0v) is 13.9. The van der Waals surface area contributed by atoms with Crippen molar-refractivity contribution in [1.29, 1.82) is 0 Å². The SMILES string of the molecule is OCC(CO)(CO)C(OP(O)O)(c1ccccc1)c1ccccc1. The van der Waals surface area contributed by atoms with Gasteiger partial charge in [-0.2, -0.15) is 0 Å². The van der Waals surface area contributed by atoms with E-state index in [0.29, 0.717) is 11.1 Å². The molecule has 0 saturated heterocycles. The number of aliphatic hydroxyl groups excluding tert-OH is 3. The number of hydrogen-bond donors (Lipinski definition) is 5. The predicted octanol–water partition coefficient (Wildman–Crippen LogP) is 1.12. The van der Waals surface area contributed by atoms with E-state index in [-0.39, 0.29) is 0 Å². The average Bonchev–Trinajstić information content (AvgIpc) is 2.63.